The highest BCUT2D eigenvalue weighted by atomic mass is 16.5. The van der Waals surface area contributed by atoms with E-state index in [4.69, 9.17) is 9.84 Å². The quantitative estimate of drug-likeness (QED) is 0.386. The molecule has 1 saturated carbocycles. The zero-order valence-corrected chi connectivity index (χ0v) is 18.0. The van der Waals surface area contributed by atoms with Crippen molar-refractivity contribution in [2.24, 2.45) is 5.92 Å². The van der Waals surface area contributed by atoms with Crippen LogP contribution < -0.4 is 10.3 Å². The summed E-state index contributed by atoms with van der Waals surface area (Å²) in [6, 6.07) is 11.7. The van der Waals surface area contributed by atoms with Crippen LogP contribution >= 0.6 is 0 Å². The number of ether oxygens (including phenoxy) is 1. The van der Waals surface area contributed by atoms with E-state index in [9.17, 15) is 4.79 Å². The number of aromatic amines is 2. The van der Waals surface area contributed by atoms with Crippen LogP contribution in [-0.4, -0.2) is 36.6 Å². The number of nitrogens with zero attached hydrogens (tertiary/aromatic N) is 4. The third kappa shape index (κ3) is 4.34. The molecule has 1 aliphatic carbocycles. The average molecular weight is 431 g/mol. The van der Waals surface area contributed by atoms with E-state index in [1.54, 1.807) is 0 Å². The molecule has 0 radical (unpaired) electrons. The molecule has 0 amide bonds. The Hall–Kier alpha value is -3.68. The van der Waals surface area contributed by atoms with Crippen LogP contribution in [0.25, 0.3) is 33.9 Å². The summed E-state index contributed by atoms with van der Waals surface area (Å²) in [6.07, 6.45) is 8.00. The molecule has 5 rings (SSSR count). The maximum atomic E-state index is 13.1. The van der Waals surface area contributed by atoms with Crippen LogP contribution in [0.15, 0.2) is 53.7 Å². The number of H-pyrrole nitrogens is 2. The van der Waals surface area contributed by atoms with E-state index in [1.807, 2.05) is 47.3 Å². The zero-order chi connectivity index (χ0) is 21.9. The van der Waals surface area contributed by atoms with E-state index >= 15 is 0 Å². The molecular formula is C24H26N6O2. The summed E-state index contributed by atoms with van der Waals surface area (Å²) in [7, 11) is 0. The molecule has 8 nitrogen and oxygen atoms in total. The summed E-state index contributed by atoms with van der Waals surface area (Å²) in [5.74, 6) is 1.95. The first-order valence-electron chi connectivity index (χ1n) is 11.1. The van der Waals surface area contributed by atoms with Crippen LogP contribution in [0.5, 0.6) is 5.75 Å². The third-order valence-corrected chi connectivity index (χ3v) is 5.68. The van der Waals surface area contributed by atoms with Crippen LogP contribution in [0.3, 0.4) is 0 Å². The fourth-order valence-corrected chi connectivity index (χ4v) is 3.72. The van der Waals surface area contributed by atoms with E-state index in [1.165, 1.54) is 19.2 Å². The Labute approximate surface area is 185 Å². The molecule has 0 atom stereocenters. The summed E-state index contributed by atoms with van der Waals surface area (Å²) in [4.78, 5) is 20.3. The molecule has 0 aliphatic heterocycles. The lowest BCUT2D eigenvalue weighted by Gasteiger charge is -2.10. The minimum absolute atomic E-state index is 0.241. The molecule has 0 bridgehead atoms. The number of rotatable bonds is 9. The molecule has 8 heteroatoms. The molecule has 3 heterocycles. The molecule has 4 aromatic rings. The summed E-state index contributed by atoms with van der Waals surface area (Å²) in [6.45, 7) is 3.75. The Bertz CT molecular complexity index is 1240. The van der Waals surface area contributed by atoms with Gasteiger partial charge in [-0.1, -0.05) is 13.3 Å². The second-order valence-corrected chi connectivity index (χ2v) is 8.23. The second kappa shape index (κ2) is 8.82. The van der Waals surface area contributed by atoms with Crippen molar-refractivity contribution >= 4 is 0 Å². The van der Waals surface area contributed by atoms with Crippen molar-refractivity contribution in [1.29, 1.82) is 0 Å². The van der Waals surface area contributed by atoms with Crippen LogP contribution in [0.1, 0.15) is 32.6 Å². The van der Waals surface area contributed by atoms with Gasteiger partial charge >= 0.3 is 0 Å². The highest BCUT2D eigenvalue weighted by molar-refractivity contribution is 5.81. The lowest BCUT2D eigenvalue weighted by Crippen LogP contribution is -2.13. The number of unbranched alkanes of at least 4 members (excludes halogenated alkanes) is 1. The predicted octanol–water partition coefficient (Wildman–Crippen LogP) is 4.28. The van der Waals surface area contributed by atoms with Crippen LogP contribution in [0.4, 0.5) is 0 Å². The van der Waals surface area contributed by atoms with Crippen LogP contribution in [0, 0.1) is 5.92 Å². The molecule has 1 aliphatic rings. The number of hydrogen-bond acceptors (Lipinski definition) is 5. The Kier molecular flexibility index (Phi) is 5.58. The first kappa shape index (κ1) is 20.2. The topological polar surface area (TPSA) is 101 Å². The molecule has 0 spiro atoms. The minimum atomic E-state index is -0.241. The fourth-order valence-electron chi connectivity index (χ4n) is 3.72. The van der Waals surface area contributed by atoms with Crippen molar-refractivity contribution in [3.63, 3.8) is 0 Å². The van der Waals surface area contributed by atoms with Gasteiger partial charge in [-0.15, -0.1) is 0 Å². The number of hydrogen-bond donors (Lipinski definition) is 2. The van der Waals surface area contributed by atoms with Crippen molar-refractivity contribution in [1.82, 2.24) is 29.9 Å². The van der Waals surface area contributed by atoms with Gasteiger partial charge in [0.05, 0.1) is 17.9 Å². The Morgan fingerprint density at radius 2 is 2.03 bits per heavy atom. The SMILES string of the molecule is CCCCOc1ccc(-c2cc(-c3ccn(CC4CC4)n3)c(-c3ncn[nH]3)c(=O)[nH]2)cc1. The Morgan fingerprint density at radius 3 is 2.75 bits per heavy atom. The number of benzene rings is 1. The van der Waals surface area contributed by atoms with Gasteiger partial charge in [0.15, 0.2) is 5.82 Å². The van der Waals surface area contributed by atoms with Crippen molar-refractivity contribution in [3.05, 3.63) is 59.3 Å². The zero-order valence-electron chi connectivity index (χ0n) is 18.0. The molecule has 0 unspecified atom stereocenters. The van der Waals surface area contributed by atoms with Gasteiger partial charge in [-0.25, -0.2) is 4.98 Å². The van der Waals surface area contributed by atoms with Gasteiger partial charge in [0.2, 0.25) is 0 Å². The van der Waals surface area contributed by atoms with E-state index in [0.717, 1.165) is 42.0 Å². The van der Waals surface area contributed by atoms with Gasteiger partial charge in [-0.2, -0.15) is 10.2 Å². The molecule has 2 N–H and O–H groups in total. The van der Waals surface area contributed by atoms with E-state index in [-0.39, 0.29) is 5.56 Å². The predicted molar refractivity (Wildman–Crippen MR) is 122 cm³/mol. The first-order valence-corrected chi connectivity index (χ1v) is 11.1. The highest BCUT2D eigenvalue weighted by Crippen LogP contribution is 2.32. The Morgan fingerprint density at radius 1 is 1.19 bits per heavy atom. The van der Waals surface area contributed by atoms with Gasteiger partial charge in [-0.05, 0) is 67.1 Å². The van der Waals surface area contributed by atoms with Gasteiger partial charge in [0.25, 0.3) is 5.56 Å². The van der Waals surface area contributed by atoms with Gasteiger partial charge in [-0.3, -0.25) is 14.6 Å². The lowest BCUT2D eigenvalue weighted by molar-refractivity contribution is 0.309. The number of aromatic nitrogens is 6. The van der Waals surface area contributed by atoms with Crippen molar-refractivity contribution in [2.45, 2.75) is 39.2 Å². The second-order valence-electron chi connectivity index (χ2n) is 8.23. The van der Waals surface area contributed by atoms with E-state index in [2.05, 4.69) is 27.1 Å². The molecule has 3 aromatic heterocycles. The maximum absolute atomic E-state index is 13.1. The van der Waals surface area contributed by atoms with Crippen LogP contribution in [-0.2, 0) is 6.54 Å². The monoisotopic (exact) mass is 430 g/mol. The summed E-state index contributed by atoms with van der Waals surface area (Å²) >= 11 is 0. The van der Waals surface area contributed by atoms with Crippen molar-refractivity contribution in [2.75, 3.05) is 6.61 Å². The Balaban J connectivity index is 1.52. The number of pyridine rings is 1. The summed E-state index contributed by atoms with van der Waals surface area (Å²) in [5, 5.41) is 11.5. The fraction of sp³-hybridized carbons (Fsp3) is 0.333. The summed E-state index contributed by atoms with van der Waals surface area (Å²) in [5.41, 5.74) is 3.26. The molecule has 164 valence electrons. The molecule has 32 heavy (non-hydrogen) atoms. The maximum Gasteiger partial charge on any atom is 0.260 e. The average Bonchev–Trinajstić information content (AvgIpc) is 3.24. The standard InChI is InChI=1S/C24H26N6O2/c1-2-3-12-32-18-8-6-17(7-9-18)21-13-19(20-10-11-30(29-20)14-16-4-5-16)22(24(31)27-21)23-25-15-26-28-23/h6-11,13,15-16H,2-5,12,14H2,1H3,(H,27,31)(H,25,26,28). The van der Waals surface area contributed by atoms with Crippen molar-refractivity contribution < 1.29 is 4.74 Å². The van der Waals surface area contributed by atoms with Crippen molar-refractivity contribution in [3.8, 4) is 39.7 Å². The molecule has 0 saturated heterocycles. The van der Waals surface area contributed by atoms with Gasteiger partial charge < -0.3 is 9.72 Å². The van der Waals surface area contributed by atoms with Crippen LogP contribution in [0.2, 0.25) is 0 Å². The first-order chi connectivity index (χ1) is 15.7. The molecular weight excluding hydrogens is 404 g/mol. The minimum Gasteiger partial charge on any atom is -0.494 e. The highest BCUT2D eigenvalue weighted by Gasteiger charge is 2.23. The molecule has 1 fully saturated rings. The normalized spacial score (nSPS) is 13.4. The van der Waals surface area contributed by atoms with Gasteiger partial charge in [0, 0.05) is 24.0 Å². The number of nitrogens with one attached hydrogen (secondary N) is 2. The summed E-state index contributed by atoms with van der Waals surface area (Å²) < 4.78 is 7.72. The van der Waals surface area contributed by atoms with Gasteiger partial charge in [0.1, 0.15) is 12.1 Å². The van der Waals surface area contributed by atoms with E-state index < -0.39 is 0 Å². The third-order valence-electron chi connectivity index (χ3n) is 5.68. The smallest absolute Gasteiger partial charge is 0.260 e. The lowest BCUT2D eigenvalue weighted by atomic mass is 10.0. The largest absolute Gasteiger partial charge is 0.494 e. The molecule has 1 aromatic carbocycles. The van der Waals surface area contributed by atoms with E-state index in [0.29, 0.717) is 29.6 Å².